The van der Waals surface area contributed by atoms with Crippen molar-refractivity contribution in [2.45, 2.75) is 30.2 Å². The fourth-order valence-corrected chi connectivity index (χ4v) is 5.59. The van der Waals surface area contributed by atoms with Crippen molar-refractivity contribution in [1.82, 2.24) is 14.5 Å². The monoisotopic (exact) mass is 490 g/mol. The number of nitrogens with zero attached hydrogens (tertiary/aromatic N) is 2. The van der Waals surface area contributed by atoms with Gasteiger partial charge in [0.2, 0.25) is 15.9 Å². The topological polar surface area (TPSA) is 116 Å². The smallest absolute Gasteiger partial charge is 0.325 e. The average molecular weight is 491 g/mol. The molecule has 2 aliphatic rings. The Kier molecular flexibility index (Phi) is 6.68. The van der Waals surface area contributed by atoms with Crippen molar-refractivity contribution < 1.29 is 22.8 Å². The lowest BCUT2D eigenvalue weighted by atomic mass is 10.1. The number of rotatable bonds is 7. The highest BCUT2D eigenvalue weighted by atomic mass is 35.5. The van der Waals surface area contributed by atoms with E-state index in [2.05, 4.69) is 10.6 Å². The van der Waals surface area contributed by atoms with Gasteiger partial charge in [-0.2, -0.15) is 4.31 Å². The van der Waals surface area contributed by atoms with Crippen molar-refractivity contribution in [2.75, 3.05) is 25.0 Å². The Morgan fingerprint density at radius 2 is 1.79 bits per heavy atom. The fourth-order valence-electron chi connectivity index (χ4n) is 3.89. The van der Waals surface area contributed by atoms with E-state index in [1.807, 2.05) is 30.3 Å². The second kappa shape index (κ2) is 9.50. The summed E-state index contributed by atoms with van der Waals surface area (Å²) in [4.78, 5) is 38.4. The molecule has 11 heteroatoms. The number of carbonyl (C=O) groups excluding carboxylic acids is 3. The summed E-state index contributed by atoms with van der Waals surface area (Å²) in [5.41, 5.74) is 0.972. The van der Waals surface area contributed by atoms with Crippen LogP contribution < -0.4 is 10.6 Å². The zero-order valence-electron chi connectivity index (χ0n) is 17.7. The van der Waals surface area contributed by atoms with Gasteiger partial charge in [0.1, 0.15) is 12.6 Å². The van der Waals surface area contributed by atoms with Crippen LogP contribution in [0.4, 0.5) is 10.5 Å². The maximum atomic E-state index is 12.8. The number of halogens is 1. The summed E-state index contributed by atoms with van der Waals surface area (Å²) < 4.78 is 27.0. The number of nitrogens with one attached hydrogen (secondary N) is 2. The van der Waals surface area contributed by atoms with Crippen molar-refractivity contribution in [2.24, 2.45) is 0 Å². The number of imide groups is 1. The molecule has 0 bridgehead atoms. The third kappa shape index (κ3) is 5.02. The largest absolute Gasteiger partial charge is 0.325 e. The Morgan fingerprint density at radius 3 is 2.48 bits per heavy atom. The average Bonchev–Trinajstić information content (AvgIpc) is 3.42. The van der Waals surface area contributed by atoms with E-state index < -0.39 is 40.5 Å². The van der Waals surface area contributed by atoms with E-state index in [4.69, 9.17) is 11.6 Å². The molecule has 174 valence electrons. The number of anilines is 1. The van der Waals surface area contributed by atoms with E-state index in [9.17, 15) is 22.8 Å². The second-order valence-electron chi connectivity index (χ2n) is 7.92. The first-order chi connectivity index (χ1) is 15.8. The van der Waals surface area contributed by atoms with Crippen LogP contribution in [0, 0.1) is 0 Å². The third-order valence-electron chi connectivity index (χ3n) is 5.61. The van der Waals surface area contributed by atoms with E-state index in [1.54, 1.807) is 0 Å². The maximum Gasteiger partial charge on any atom is 0.325 e. The molecule has 2 aromatic carbocycles. The molecule has 2 aromatic rings. The molecule has 4 amide bonds. The van der Waals surface area contributed by atoms with Gasteiger partial charge in [0.25, 0.3) is 5.91 Å². The van der Waals surface area contributed by atoms with E-state index in [0.717, 1.165) is 23.3 Å². The maximum absolute atomic E-state index is 12.8. The Balaban J connectivity index is 1.43. The van der Waals surface area contributed by atoms with Crippen LogP contribution in [0.1, 0.15) is 18.4 Å². The first kappa shape index (κ1) is 23.2. The van der Waals surface area contributed by atoms with Gasteiger partial charge in [0.05, 0.1) is 15.6 Å². The number of urea groups is 1. The Morgan fingerprint density at radius 1 is 1.09 bits per heavy atom. The molecule has 4 rings (SSSR count). The lowest BCUT2D eigenvalue weighted by Crippen LogP contribution is -2.38. The van der Waals surface area contributed by atoms with Gasteiger partial charge >= 0.3 is 6.03 Å². The summed E-state index contributed by atoms with van der Waals surface area (Å²) in [5.74, 6) is -1.17. The number of amides is 4. The van der Waals surface area contributed by atoms with Crippen LogP contribution >= 0.6 is 11.6 Å². The standard InChI is InChI=1S/C22H23ClN4O5S/c23-17-9-8-16(33(31,32)26-10-4-5-11-26)13-18(17)24-20(28)14-27-21(29)19(25-22(27)30)12-15-6-2-1-3-7-15/h1-3,6-9,13,19H,4-5,10-12,14H2,(H,24,28)(H,25,30). The summed E-state index contributed by atoms with van der Waals surface area (Å²) in [6, 6.07) is 11.9. The van der Waals surface area contributed by atoms with Gasteiger partial charge in [-0.25, -0.2) is 13.2 Å². The molecule has 0 aliphatic carbocycles. The number of hydrogen-bond donors (Lipinski definition) is 2. The number of sulfonamides is 1. The molecular weight excluding hydrogens is 468 g/mol. The van der Waals surface area contributed by atoms with Crippen molar-refractivity contribution >= 4 is 45.2 Å². The quantitative estimate of drug-likeness (QED) is 0.577. The van der Waals surface area contributed by atoms with Gasteiger partial charge < -0.3 is 10.6 Å². The molecule has 0 spiro atoms. The lowest BCUT2D eigenvalue weighted by Gasteiger charge is -2.17. The minimum atomic E-state index is -3.70. The summed E-state index contributed by atoms with van der Waals surface area (Å²) in [6.07, 6.45) is 1.91. The Bertz CT molecular complexity index is 1180. The van der Waals surface area contributed by atoms with Crippen LogP contribution in [-0.4, -0.2) is 61.1 Å². The number of benzene rings is 2. The minimum absolute atomic E-state index is 0.0158. The normalized spacial score (nSPS) is 19.1. The first-order valence-corrected chi connectivity index (χ1v) is 12.3. The second-order valence-corrected chi connectivity index (χ2v) is 10.3. The number of carbonyl (C=O) groups is 3. The van der Waals surface area contributed by atoms with Crippen molar-refractivity contribution in [3.05, 3.63) is 59.1 Å². The third-order valence-corrected chi connectivity index (χ3v) is 7.83. The van der Waals surface area contributed by atoms with Crippen molar-refractivity contribution in [3.8, 4) is 0 Å². The lowest BCUT2D eigenvalue weighted by molar-refractivity contribution is -0.130. The highest BCUT2D eigenvalue weighted by Gasteiger charge is 2.39. The predicted octanol–water partition coefficient (Wildman–Crippen LogP) is 2.23. The molecule has 1 unspecified atom stereocenters. The van der Waals surface area contributed by atoms with E-state index in [1.165, 1.54) is 22.5 Å². The first-order valence-electron chi connectivity index (χ1n) is 10.5. The van der Waals surface area contributed by atoms with E-state index in [0.29, 0.717) is 19.5 Å². The van der Waals surface area contributed by atoms with Gasteiger partial charge in [-0.1, -0.05) is 41.9 Å². The summed E-state index contributed by atoms with van der Waals surface area (Å²) in [6.45, 7) is 0.376. The molecule has 33 heavy (non-hydrogen) atoms. The molecule has 2 saturated heterocycles. The van der Waals surface area contributed by atoms with Gasteiger partial charge in [-0.15, -0.1) is 0 Å². The summed E-state index contributed by atoms with van der Waals surface area (Å²) in [5, 5.41) is 5.25. The van der Waals surface area contributed by atoms with Crippen LogP contribution in [0.3, 0.4) is 0 Å². The fraction of sp³-hybridized carbons (Fsp3) is 0.318. The number of hydrogen-bond acceptors (Lipinski definition) is 5. The van der Waals surface area contributed by atoms with Gasteiger partial charge in [-0.3, -0.25) is 14.5 Å². The van der Waals surface area contributed by atoms with Crippen LogP contribution in [0.2, 0.25) is 5.02 Å². The van der Waals surface area contributed by atoms with Gasteiger partial charge in [0.15, 0.2) is 0 Å². The minimum Gasteiger partial charge on any atom is -0.325 e. The van der Waals surface area contributed by atoms with Crippen molar-refractivity contribution in [1.29, 1.82) is 0 Å². The van der Waals surface area contributed by atoms with Crippen LogP contribution in [0.5, 0.6) is 0 Å². The van der Waals surface area contributed by atoms with Gasteiger partial charge in [0, 0.05) is 19.5 Å². The molecule has 2 fully saturated rings. The molecule has 0 radical (unpaired) electrons. The molecule has 2 heterocycles. The van der Waals surface area contributed by atoms with Crippen molar-refractivity contribution in [3.63, 3.8) is 0 Å². The molecule has 9 nitrogen and oxygen atoms in total. The molecule has 1 atom stereocenters. The van der Waals surface area contributed by atoms with Crippen LogP contribution in [-0.2, 0) is 26.0 Å². The summed E-state index contributed by atoms with van der Waals surface area (Å²) in [7, 11) is -3.70. The van der Waals surface area contributed by atoms with E-state index in [-0.39, 0.29) is 15.6 Å². The van der Waals surface area contributed by atoms with Gasteiger partial charge in [-0.05, 0) is 36.6 Å². The van der Waals surface area contributed by atoms with Crippen LogP contribution in [0.25, 0.3) is 0 Å². The highest BCUT2D eigenvalue weighted by Crippen LogP contribution is 2.28. The Labute approximate surface area is 196 Å². The zero-order valence-corrected chi connectivity index (χ0v) is 19.2. The molecular formula is C22H23ClN4O5S. The predicted molar refractivity (Wildman–Crippen MR) is 122 cm³/mol. The molecule has 0 aromatic heterocycles. The molecule has 2 aliphatic heterocycles. The SMILES string of the molecule is O=C(CN1C(=O)NC(Cc2ccccc2)C1=O)Nc1cc(S(=O)(=O)N2CCCC2)ccc1Cl. The van der Waals surface area contributed by atoms with E-state index >= 15 is 0 Å². The zero-order chi connectivity index (χ0) is 23.6. The Hall–Kier alpha value is -2.95. The summed E-state index contributed by atoms with van der Waals surface area (Å²) >= 11 is 6.15. The van der Waals surface area contributed by atoms with Crippen LogP contribution in [0.15, 0.2) is 53.4 Å². The highest BCUT2D eigenvalue weighted by molar-refractivity contribution is 7.89. The molecule has 2 N–H and O–H groups in total. The molecule has 0 saturated carbocycles.